The van der Waals surface area contributed by atoms with E-state index in [0.29, 0.717) is 12.5 Å². The minimum Gasteiger partial charge on any atom is -0.370 e. The van der Waals surface area contributed by atoms with E-state index in [-0.39, 0.29) is 0 Å². The molecule has 0 aromatic carbocycles. The first-order chi connectivity index (χ1) is 9.65. The van der Waals surface area contributed by atoms with Crippen LogP contribution in [-0.4, -0.2) is 22.3 Å². The molecule has 0 unspecified atom stereocenters. The molecule has 0 spiro atoms. The Labute approximate surface area is 122 Å². The number of hydrogen-bond acceptors (Lipinski definition) is 2. The minimum atomic E-state index is 0.529. The van der Waals surface area contributed by atoms with E-state index in [2.05, 4.69) is 22.3 Å². The highest BCUT2D eigenvalue weighted by Crippen LogP contribution is 2.06. The van der Waals surface area contributed by atoms with Crippen molar-refractivity contribution >= 4 is 5.96 Å². The van der Waals surface area contributed by atoms with Gasteiger partial charge in [-0.3, -0.25) is 4.68 Å². The van der Waals surface area contributed by atoms with Crippen LogP contribution >= 0.6 is 0 Å². The summed E-state index contributed by atoms with van der Waals surface area (Å²) < 4.78 is 1.85. The molecule has 20 heavy (non-hydrogen) atoms. The summed E-state index contributed by atoms with van der Waals surface area (Å²) in [5, 5.41) is 7.36. The van der Waals surface area contributed by atoms with Crippen molar-refractivity contribution in [1.29, 1.82) is 0 Å². The fourth-order valence-electron chi connectivity index (χ4n) is 2.05. The number of unbranched alkanes of at least 4 members (excludes halogenated alkanes) is 5. The summed E-state index contributed by atoms with van der Waals surface area (Å²) in [5.74, 6) is 0.529. The molecular weight excluding hydrogens is 250 g/mol. The summed E-state index contributed by atoms with van der Waals surface area (Å²) in [5.41, 5.74) is 8.11. The first-order valence-corrected chi connectivity index (χ1v) is 7.66. The fourth-order valence-corrected chi connectivity index (χ4v) is 2.05. The number of aromatic nitrogens is 2. The van der Waals surface area contributed by atoms with E-state index in [9.17, 15) is 0 Å². The third kappa shape index (κ3) is 6.08. The number of aliphatic imine (C=N–C) groups is 1. The third-order valence-corrected chi connectivity index (χ3v) is 3.59. The lowest BCUT2D eigenvalue weighted by atomic mass is 10.1. The van der Waals surface area contributed by atoms with Crippen molar-refractivity contribution in [2.45, 2.75) is 58.9 Å². The standard InChI is InChI=1S/C15H29N5/c1-4-5-6-7-8-9-10-17-15(16)18-11-14-12-19-20(3)13(14)2/h12H,4-11H2,1-3H3,(H3,16,17,18). The van der Waals surface area contributed by atoms with E-state index in [0.717, 1.165) is 24.2 Å². The zero-order valence-electron chi connectivity index (χ0n) is 13.2. The molecule has 0 aliphatic carbocycles. The van der Waals surface area contributed by atoms with Crippen LogP contribution in [0.1, 0.15) is 56.7 Å². The van der Waals surface area contributed by atoms with Gasteiger partial charge in [-0.15, -0.1) is 0 Å². The van der Waals surface area contributed by atoms with Crippen LogP contribution < -0.4 is 11.1 Å². The summed E-state index contributed by atoms with van der Waals surface area (Å²) in [6.45, 7) is 5.78. The van der Waals surface area contributed by atoms with Crippen LogP contribution in [-0.2, 0) is 13.6 Å². The molecule has 3 N–H and O–H groups in total. The van der Waals surface area contributed by atoms with Gasteiger partial charge in [-0.1, -0.05) is 39.0 Å². The van der Waals surface area contributed by atoms with E-state index in [1.54, 1.807) is 0 Å². The van der Waals surface area contributed by atoms with Gasteiger partial charge in [0.05, 0.1) is 12.7 Å². The average Bonchev–Trinajstić information content (AvgIpc) is 2.75. The molecule has 5 heteroatoms. The predicted octanol–water partition coefficient (Wildman–Crippen LogP) is 2.49. The molecule has 0 aliphatic rings. The summed E-state index contributed by atoms with van der Waals surface area (Å²) in [4.78, 5) is 4.35. The van der Waals surface area contributed by atoms with Gasteiger partial charge in [0.25, 0.3) is 0 Å². The van der Waals surface area contributed by atoms with Gasteiger partial charge >= 0.3 is 0 Å². The second-order valence-electron chi connectivity index (χ2n) is 5.27. The molecule has 1 aromatic rings. The second kappa shape index (κ2) is 9.39. The Kier molecular flexibility index (Phi) is 7.77. The zero-order valence-corrected chi connectivity index (χ0v) is 13.2. The van der Waals surface area contributed by atoms with E-state index < -0.39 is 0 Å². The number of nitrogens with one attached hydrogen (secondary N) is 1. The molecule has 0 saturated carbocycles. The molecule has 1 heterocycles. The lowest BCUT2D eigenvalue weighted by molar-refractivity contribution is 0.601. The summed E-state index contributed by atoms with van der Waals surface area (Å²) >= 11 is 0. The molecule has 5 nitrogen and oxygen atoms in total. The van der Waals surface area contributed by atoms with Gasteiger partial charge in [0, 0.05) is 24.8 Å². The largest absolute Gasteiger partial charge is 0.370 e. The number of nitrogens with two attached hydrogens (primary N) is 1. The van der Waals surface area contributed by atoms with E-state index >= 15 is 0 Å². The van der Waals surface area contributed by atoms with Gasteiger partial charge in [0.2, 0.25) is 0 Å². The zero-order chi connectivity index (χ0) is 14.8. The van der Waals surface area contributed by atoms with Gasteiger partial charge in [-0.05, 0) is 13.3 Å². The quantitative estimate of drug-likeness (QED) is 0.414. The normalized spacial score (nSPS) is 11.8. The first kappa shape index (κ1) is 16.5. The summed E-state index contributed by atoms with van der Waals surface area (Å²) in [6, 6.07) is 0. The smallest absolute Gasteiger partial charge is 0.188 e. The van der Waals surface area contributed by atoms with Gasteiger partial charge in [-0.2, -0.15) is 5.10 Å². The molecule has 0 saturated heterocycles. The Morgan fingerprint density at radius 2 is 2.00 bits per heavy atom. The Hall–Kier alpha value is -1.52. The Bertz CT molecular complexity index is 408. The molecule has 0 aliphatic heterocycles. The summed E-state index contributed by atoms with van der Waals surface area (Å²) in [6.07, 6.45) is 9.59. The molecule has 0 fully saturated rings. The first-order valence-electron chi connectivity index (χ1n) is 7.66. The number of rotatable bonds is 9. The molecule has 0 atom stereocenters. The van der Waals surface area contributed by atoms with Crippen LogP contribution in [0.3, 0.4) is 0 Å². The predicted molar refractivity (Wildman–Crippen MR) is 84.7 cm³/mol. The minimum absolute atomic E-state index is 0.529. The van der Waals surface area contributed by atoms with Crippen molar-refractivity contribution in [3.05, 3.63) is 17.5 Å². The lowest BCUT2D eigenvalue weighted by Gasteiger charge is -2.05. The Morgan fingerprint density at radius 3 is 2.65 bits per heavy atom. The topological polar surface area (TPSA) is 68.2 Å². The van der Waals surface area contributed by atoms with E-state index in [1.807, 2.05) is 24.9 Å². The van der Waals surface area contributed by atoms with E-state index in [4.69, 9.17) is 5.73 Å². The van der Waals surface area contributed by atoms with Gasteiger partial charge in [-0.25, -0.2) is 4.99 Å². The van der Waals surface area contributed by atoms with Crippen LogP contribution in [0, 0.1) is 6.92 Å². The molecule has 114 valence electrons. The highest BCUT2D eigenvalue weighted by Gasteiger charge is 2.02. The monoisotopic (exact) mass is 279 g/mol. The van der Waals surface area contributed by atoms with Crippen LogP contribution in [0.15, 0.2) is 11.2 Å². The second-order valence-corrected chi connectivity index (χ2v) is 5.27. The number of nitrogens with zero attached hydrogens (tertiary/aromatic N) is 3. The van der Waals surface area contributed by atoms with Gasteiger partial charge in [0.15, 0.2) is 5.96 Å². The highest BCUT2D eigenvalue weighted by molar-refractivity contribution is 5.77. The maximum absolute atomic E-state index is 5.85. The van der Waals surface area contributed by atoms with Gasteiger partial charge in [0.1, 0.15) is 0 Å². The van der Waals surface area contributed by atoms with Crippen molar-refractivity contribution in [2.75, 3.05) is 6.54 Å². The molecule has 1 rings (SSSR count). The average molecular weight is 279 g/mol. The number of aryl methyl sites for hydroxylation is 1. The van der Waals surface area contributed by atoms with Crippen molar-refractivity contribution in [2.24, 2.45) is 17.8 Å². The molecular formula is C15H29N5. The molecule has 1 aromatic heterocycles. The number of hydrogen-bond donors (Lipinski definition) is 2. The van der Waals surface area contributed by atoms with Gasteiger partial charge < -0.3 is 11.1 Å². The van der Waals surface area contributed by atoms with E-state index in [1.165, 1.54) is 32.1 Å². The third-order valence-electron chi connectivity index (χ3n) is 3.59. The highest BCUT2D eigenvalue weighted by atomic mass is 15.3. The van der Waals surface area contributed by atoms with Crippen molar-refractivity contribution in [3.8, 4) is 0 Å². The van der Waals surface area contributed by atoms with Crippen LogP contribution in [0.5, 0.6) is 0 Å². The van der Waals surface area contributed by atoms with Crippen LogP contribution in [0.25, 0.3) is 0 Å². The SMILES string of the molecule is CCCCCCCCNC(N)=NCc1cnn(C)c1C. The maximum Gasteiger partial charge on any atom is 0.188 e. The maximum atomic E-state index is 5.85. The molecule has 0 bridgehead atoms. The van der Waals surface area contributed by atoms with Crippen molar-refractivity contribution in [1.82, 2.24) is 15.1 Å². The Balaban J connectivity index is 2.14. The summed E-state index contributed by atoms with van der Waals surface area (Å²) in [7, 11) is 1.93. The van der Waals surface area contributed by atoms with Crippen molar-refractivity contribution < 1.29 is 0 Å². The van der Waals surface area contributed by atoms with Crippen molar-refractivity contribution in [3.63, 3.8) is 0 Å². The molecule has 0 amide bonds. The molecule has 0 radical (unpaired) electrons. The Morgan fingerprint density at radius 1 is 1.30 bits per heavy atom. The lowest BCUT2D eigenvalue weighted by Crippen LogP contribution is -2.32. The van der Waals surface area contributed by atoms with Crippen LogP contribution in [0.4, 0.5) is 0 Å². The van der Waals surface area contributed by atoms with Crippen LogP contribution in [0.2, 0.25) is 0 Å². The fraction of sp³-hybridized carbons (Fsp3) is 0.733. The number of guanidine groups is 1.